The van der Waals surface area contributed by atoms with Crippen LogP contribution in [-0.2, 0) is 0 Å². The zero-order chi connectivity index (χ0) is 15.8. The fourth-order valence-corrected chi connectivity index (χ4v) is 1.62. The highest BCUT2D eigenvalue weighted by Crippen LogP contribution is 2.22. The number of benzene rings is 2. The molecular weight excluding hydrogens is 300 g/mol. The Bertz CT molecular complexity index is 632. The molecule has 0 radical (unpaired) electrons. The molecule has 7 heteroatoms. The minimum absolute atomic E-state index is 0.321. The van der Waals surface area contributed by atoms with Crippen molar-refractivity contribution < 1.29 is 9.53 Å². The molecule has 2 rings (SSSR count). The van der Waals surface area contributed by atoms with Gasteiger partial charge in [-0.2, -0.15) is 0 Å². The molecule has 0 heterocycles. The summed E-state index contributed by atoms with van der Waals surface area (Å²) in [6.45, 7) is 0. The van der Waals surface area contributed by atoms with Crippen molar-refractivity contribution in [1.82, 2.24) is 16.2 Å². The molecule has 0 atom stereocenters. The average molecular weight is 316 g/mol. The van der Waals surface area contributed by atoms with Gasteiger partial charge in [-0.25, -0.2) is 10.2 Å². The van der Waals surface area contributed by atoms with E-state index in [-0.39, 0.29) is 0 Å². The molecule has 0 saturated heterocycles. The van der Waals surface area contributed by atoms with Crippen LogP contribution in [0.2, 0.25) is 0 Å². The highest BCUT2D eigenvalue weighted by atomic mass is 32.1. The zero-order valence-electron chi connectivity index (χ0n) is 11.9. The van der Waals surface area contributed by atoms with Crippen molar-refractivity contribution in [2.75, 3.05) is 12.4 Å². The van der Waals surface area contributed by atoms with Crippen molar-refractivity contribution >= 4 is 29.0 Å². The minimum Gasteiger partial charge on any atom is -0.457 e. The summed E-state index contributed by atoms with van der Waals surface area (Å²) in [5, 5.41) is 5.65. The summed E-state index contributed by atoms with van der Waals surface area (Å²) in [6.07, 6.45) is 0. The lowest BCUT2D eigenvalue weighted by molar-refractivity contribution is 0.250. The number of carbonyl (C=O) groups excluding carboxylic acids is 1. The number of urea groups is 1. The first kappa shape index (κ1) is 15.6. The summed E-state index contributed by atoms with van der Waals surface area (Å²) in [7, 11) is 1.65. The summed E-state index contributed by atoms with van der Waals surface area (Å²) in [5.41, 5.74) is 5.57. The molecule has 0 bridgehead atoms. The lowest BCUT2D eigenvalue weighted by Gasteiger charge is -2.10. The van der Waals surface area contributed by atoms with Crippen molar-refractivity contribution in [2.45, 2.75) is 0 Å². The predicted octanol–water partition coefficient (Wildman–Crippen LogP) is 2.61. The number of carbonyl (C=O) groups is 1. The van der Waals surface area contributed by atoms with E-state index in [4.69, 9.17) is 17.0 Å². The van der Waals surface area contributed by atoms with E-state index < -0.39 is 6.03 Å². The lowest BCUT2D eigenvalue weighted by Crippen LogP contribution is -2.47. The van der Waals surface area contributed by atoms with Crippen LogP contribution in [0.1, 0.15) is 0 Å². The maximum Gasteiger partial charge on any atom is 0.337 e. The number of hydrogen-bond acceptors (Lipinski definition) is 3. The number of rotatable bonds is 3. The third-order valence-electron chi connectivity index (χ3n) is 2.61. The van der Waals surface area contributed by atoms with Crippen LogP contribution in [0.25, 0.3) is 0 Å². The Balaban J connectivity index is 1.86. The Labute approximate surface area is 133 Å². The van der Waals surface area contributed by atoms with E-state index in [0.717, 1.165) is 5.75 Å². The quantitative estimate of drug-likeness (QED) is 0.517. The molecule has 0 spiro atoms. The van der Waals surface area contributed by atoms with E-state index >= 15 is 0 Å². The van der Waals surface area contributed by atoms with Crippen LogP contribution >= 0.6 is 12.2 Å². The minimum atomic E-state index is -0.422. The first-order valence-electron chi connectivity index (χ1n) is 6.55. The average Bonchev–Trinajstić information content (AvgIpc) is 2.55. The summed E-state index contributed by atoms with van der Waals surface area (Å²) >= 11 is 4.84. The maximum absolute atomic E-state index is 11.6. The predicted molar refractivity (Wildman–Crippen MR) is 89.9 cm³/mol. The van der Waals surface area contributed by atoms with Crippen molar-refractivity contribution in [2.24, 2.45) is 0 Å². The van der Waals surface area contributed by atoms with Gasteiger partial charge in [-0.1, -0.05) is 18.2 Å². The molecular formula is C15H16N4O2S. The number of hydrazine groups is 1. The van der Waals surface area contributed by atoms with Gasteiger partial charge in [0.05, 0.1) is 0 Å². The molecule has 4 N–H and O–H groups in total. The number of anilines is 1. The Kier molecular flexibility index (Phi) is 5.56. The number of para-hydroxylation sites is 1. The van der Waals surface area contributed by atoms with Gasteiger partial charge in [0, 0.05) is 12.7 Å². The summed E-state index contributed by atoms with van der Waals surface area (Å²) in [6, 6.07) is 16.1. The molecule has 6 nitrogen and oxygen atoms in total. The fourth-order valence-electron chi connectivity index (χ4n) is 1.57. The van der Waals surface area contributed by atoms with Gasteiger partial charge in [0.15, 0.2) is 5.11 Å². The van der Waals surface area contributed by atoms with E-state index in [1.807, 2.05) is 30.3 Å². The van der Waals surface area contributed by atoms with Gasteiger partial charge in [0.25, 0.3) is 0 Å². The van der Waals surface area contributed by atoms with Crippen molar-refractivity contribution in [1.29, 1.82) is 0 Å². The Hall–Kier alpha value is -2.80. The van der Waals surface area contributed by atoms with Gasteiger partial charge in [-0.3, -0.25) is 5.43 Å². The van der Waals surface area contributed by atoms with Crippen molar-refractivity contribution in [3.63, 3.8) is 0 Å². The number of thiocarbonyl (C=S) groups is 1. The van der Waals surface area contributed by atoms with E-state index in [1.165, 1.54) is 0 Å². The second kappa shape index (κ2) is 7.84. The molecule has 114 valence electrons. The first-order chi connectivity index (χ1) is 10.7. The largest absolute Gasteiger partial charge is 0.457 e. The summed E-state index contributed by atoms with van der Waals surface area (Å²) < 4.78 is 5.67. The molecule has 0 unspecified atom stereocenters. The normalized spacial score (nSPS) is 9.50. The van der Waals surface area contributed by atoms with Crippen LogP contribution in [0.15, 0.2) is 54.6 Å². The highest BCUT2D eigenvalue weighted by Gasteiger charge is 2.02. The Morgan fingerprint density at radius 1 is 0.955 bits per heavy atom. The molecule has 0 aliphatic heterocycles. The Morgan fingerprint density at radius 3 is 2.23 bits per heavy atom. The standard InChI is InChI=1S/C15H16N4O2S/c1-16-15(22)19-18-14(20)17-11-7-9-13(10-8-11)21-12-5-3-2-4-6-12/h2-10H,1H3,(H2,16,19,22)(H2,17,18,20). The molecule has 0 aromatic heterocycles. The summed E-state index contributed by atoms with van der Waals surface area (Å²) in [4.78, 5) is 11.6. The Morgan fingerprint density at radius 2 is 1.59 bits per heavy atom. The SMILES string of the molecule is CNC(=S)NNC(=O)Nc1ccc(Oc2ccccc2)cc1. The topological polar surface area (TPSA) is 74.4 Å². The number of nitrogens with one attached hydrogen (secondary N) is 4. The van der Waals surface area contributed by atoms with Crippen molar-refractivity contribution in [3.8, 4) is 11.5 Å². The molecule has 2 amide bonds. The van der Waals surface area contributed by atoms with E-state index in [1.54, 1.807) is 31.3 Å². The lowest BCUT2D eigenvalue weighted by atomic mass is 10.3. The summed E-state index contributed by atoms with van der Waals surface area (Å²) in [5.74, 6) is 1.44. The van der Waals surface area contributed by atoms with Crippen LogP contribution in [0, 0.1) is 0 Å². The maximum atomic E-state index is 11.6. The number of amides is 2. The van der Waals surface area contributed by atoms with Crippen LogP contribution in [0.3, 0.4) is 0 Å². The first-order valence-corrected chi connectivity index (χ1v) is 6.96. The third-order valence-corrected chi connectivity index (χ3v) is 2.91. The van der Waals surface area contributed by atoms with Gasteiger partial charge in [-0.05, 0) is 48.6 Å². The molecule has 22 heavy (non-hydrogen) atoms. The number of ether oxygens (including phenoxy) is 1. The molecule has 2 aromatic carbocycles. The molecule has 0 aliphatic carbocycles. The zero-order valence-corrected chi connectivity index (χ0v) is 12.7. The smallest absolute Gasteiger partial charge is 0.337 e. The van der Waals surface area contributed by atoms with Gasteiger partial charge >= 0.3 is 6.03 Å². The van der Waals surface area contributed by atoms with Crippen LogP contribution in [-0.4, -0.2) is 18.2 Å². The molecule has 0 aliphatic rings. The van der Waals surface area contributed by atoms with E-state index in [2.05, 4.69) is 21.5 Å². The molecule has 0 fully saturated rings. The van der Waals surface area contributed by atoms with Crippen LogP contribution < -0.4 is 26.2 Å². The van der Waals surface area contributed by atoms with Crippen LogP contribution in [0.5, 0.6) is 11.5 Å². The number of hydrogen-bond donors (Lipinski definition) is 4. The molecule has 0 saturated carbocycles. The van der Waals surface area contributed by atoms with Gasteiger partial charge in [-0.15, -0.1) is 0 Å². The van der Waals surface area contributed by atoms with Gasteiger partial charge in [0.2, 0.25) is 0 Å². The fraction of sp³-hybridized carbons (Fsp3) is 0.0667. The van der Waals surface area contributed by atoms with Gasteiger partial charge < -0.3 is 15.4 Å². The monoisotopic (exact) mass is 316 g/mol. The third kappa shape index (κ3) is 4.95. The molecule has 2 aromatic rings. The van der Waals surface area contributed by atoms with E-state index in [9.17, 15) is 4.79 Å². The van der Waals surface area contributed by atoms with Crippen LogP contribution in [0.4, 0.5) is 10.5 Å². The van der Waals surface area contributed by atoms with Crippen molar-refractivity contribution in [3.05, 3.63) is 54.6 Å². The van der Waals surface area contributed by atoms with E-state index in [0.29, 0.717) is 16.5 Å². The second-order valence-corrected chi connectivity index (χ2v) is 4.63. The highest BCUT2D eigenvalue weighted by molar-refractivity contribution is 7.80. The van der Waals surface area contributed by atoms with Gasteiger partial charge in [0.1, 0.15) is 11.5 Å². The second-order valence-electron chi connectivity index (χ2n) is 4.22.